The smallest absolute Gasteiger partial charge is 0.148 e. The zero-order valence-corrected chi connectivity index (χ0v) is 8.68. The molecule has 2 rings (SSSR count). The van der Waals surface area contributed by atoms with Gasteiger partial charge in [0.25, 0.3) is 0 Å². The summed E-state index contributed by atoms with van der Waals surface area (Å²) >= 11 is 0. The van der Waals surface area contributed by atoms with Crippen LogP contribution in [0.2, 0.25) is 0 Å². The second kappa shape index (κ2) is 3.59. The van der Waals surface area contributed by atoms with Crippen LogP contribution in [0.1, 0.15) is 0 Å². The maximum Gasteiger partial charge on any atom is 0.148 e. The van der Waals surface area contributed by atoms with Crippen molar-refractivity contribution in [2.75, 3.05) is 0 Å². The largest absolute Gasteiger partial charge is 0.507 e. The van der Waals surface area contributed by atoms with Crippen molar-refractivity contribution in [3.05, 3.63) is 36.4 Å². The Morgan fingerprint density at radius 3 is 2.43 bits per heavy atom. The maximum absolute atomic E-state index is 11.2. The van der Waals surface area contributed by atoms with Crippen LogP contribution in [-0.2, 0) is 10.0 Å². The fourth-order valence-corrected chi connectivity index (χ4v) is 2.34. The molecule has 0 amide bonds. The number of halogens is 1. The molecule has 2 aromatic carbocycles. The lowest BCUT2D eigenvalue weighted by atomic mass is 10.1. The highest BCUT2D eigenvalue weighted by Gasteiger charge is 2.07. The van der Waals surface area contributed by atoms with Gasteiger partial charge in [0, 0.05) is 10.8 Å². The highest BCUT2D eigenvalue weighted by atomic mass is 35.7. The van der Waals surface area contributed by atoms with Crippen LogP contribution in [0, 0.1) is 0 Å². The average molecular weight is 227 g/mol. The minimum atomic E-state index is -1.55. The second-order valence-electron chi connectivity index (χ2n) is 2.85. The van der Waals surface area contributed by atoms with Crippen LogP contribution in [0.3, 0.4) is 0 Å². The van der Waals surface area contributed by atoms with Gasteiger partial charge in [-0.05, 0) is 22.8 Å². The number of phenolic OH excluding ortho intramolecular Hbond substituents is 1. The molecule has 0 saturated heterocycles. The Morgan fingerprint density at radius 2 is 1.71 bits per heavy atom. The lowest BCUT2D eigenvalue weighted by molar-refractivity contribution is 0.481. The van der Waals surface area contributed by atoms with Crippen LogP contribution >= 0.6 is 10.7 Å². The zero-order valence-electron chi connectivity index (χ0n) is 7.11. The van der Waals surface area contributed by atoms with Gasteiger partial charge in [-0.15, -0.1) is 0 Å². The van der Waals surface area contributed by atoms with Crippen molar-refractivity contribution in [3.63, 3.8) is 0 Å². The molecule has 2 nitrogen and oxygen atoms in total. The fraction of sp³-hybridized carbons (Fsp3) is 0. The van der Waals surface area contributed by atoms with Crippen molar-refractivity contribution >= 4 is 31.5 Å². The summed E-state index contributed by atoms with van der Waals surface area (Å²) in [6, 6.07) is 10.2. The monoisotopic (exact) mass is 226 g/mol. The number of benzene rings is 2. The highest BCUT2D eigenvalue weighted by Crippen LogP contribution is 2.29. The van der Waals surface area contributed by atoms with Crippen LogP contribution < -0.4 is 0 Å². The standard InChI is InChI=1S/C10H7ClO2S/c11-14(13)10-6-2-3-7-8(10)4-1-5-9(7)12/h1-6,12H. The van der Waals surface area contributed by atoms with E-state index in [1.54, 1.807) is 36.4 Å². The van der Waals surface area contributed by atoms with Crippen LogP contribution in [0.5, 0.6) is 5.75 Å². The molecule has 1 atom stereocenters. The lowest BCUT2D eigenvalue weighted by Gasteiger charge is -2.03. The van der Waals surface area contributed by atoms with E-state index < -0.39 is 10.0 Å². The van der Waals surface area contributed by atoms with Gasteiger partial charge >= 0.3 is 0 Å². The molecule has 2 aromatic rings. The Morgan fingerprint density at radius 1 is 1.07 bits per heavy atom. The molecule has 0 heterocycles. The first-order chi connectivity index (χ1) is 6.70. The predicted octanol–water partition coefficient (Wildman–Crippen LogP) is 2.81. The number of rotatable bonds is 1. The summed E-state index contributed by atoms with van der Waals surface area (Å²) in [5.74, 6) is 0.173. The van der Waals surface area contributed by atoms with E-state index in [0.717, 1.165) is 5.39 Å². The lowest BCUT2D eigenvalue weighted by Crippen LogP contribution is -1.84. The van der Waals surface area contributed by atoms with Crippen molar-refractivity contribution in [2.45, 2.75) is 4.90 Å². The SMILES string of the molecule is O=S(Cl)c1cccc2c(O)cccc12. The summed E-state index contributed by atoms with van der Waals surface area (Å²) in [5.41, 5.74) is 0. The quantitative estimate of drug-likeness (QED) is 0.760. The second-order valence-corrected chi connectivity index (χ2v) is 4.58. The molecular weight excluding hydrogens is 220 g/mol. The Hall–Kier alpha value is -1.06. The summed E-state index contributed by atoms with van der Waals surface area (Å²) < 4.78 is 11.2. The van der Waals surface area contributed by atoms with E-state index in [-0.39, 0.29) is 5.75 Å². The van der Waals surface area contributed by atoms with Gasteiger partial charge < -0.3 is 5.11 Å². The topological polar surface area (TPSA) is 37.3 Å². The molecule has 0 aromatic heterocycles. The first kappa shape index (κ1) is 9.49. The summed E-state index contributed by atoms with van der Waals surface area (Å²) in [6.45, 7) is 0. The number of fused-ring (bicyclic) bond motifs is 1. The van der Waals surface area contributed by atoms with Crippen molar-refractivity contribution in [2.24, 2.45) is 0 Å². The van der Waals surface area contributed by atoms with E-state index in [1.807, 2.05) is 0 Å². The predicted molar refractivity (Wildman–Crippen MR) is 57.9 cm³/mol. The third-order valence-corrected chi connectivity index (χ3v) is 3.23. The summed E-state index contributed by atoms with van der Waals surface area (Å²) in [7, 11) is 3.97. The molecule has 0 bridgehead atoms. The molecule has 72 valence electrons. The fourth-order valence-electron chi connectivity index (χ4n) is 1.40. The third-order valence-electron chi connectivity index (χ3n) is 2.03. The molecule has 0 aliphatic carbocycles. The van der Waals surface area contributed by atoms with E-state index in [4.69, 9.17) is 10.7 Å². The van der Waals surface area contributed by atoms with Crippen molar-refractivity contribution in [1.29, 1.82) is 0 Å². The van der Waals surface area contributed by atoms with Gasteiger partial charge in [0.2, 0.25) is 0 Å². The molecule has 14 heavy (non-hydrogen) atoms. The number of phenols is 1. The minimum absolute atomic E-state index is 0.173. The highest BCUT2D eigenvalue weighted by molar-refractivity contribution is 8.08. The summed E-state index contributed by atoms with van der Waals surface area (Å²) in [5, 5.41) is 10.9. The van der Waals surface area contributed by atoms with E-state index in [1.165, 1.54) is 0 Å². The van der Waals surface area contributed by atoms with E-state index in [2.05, 4.69) is 0 Å². The average Bonchev–Trinajstić information content (AvgIpc) is 2.17. The molecule has 0 saturated carbocycles. The Labute approximate surface area is 88.1 Å². The number of aromatic hydroxyl groups is 1. The van der Waals surface area contributed by atoms with Gasteiger partial charge in [-0.1, -0.05) is 24.3 Å². The van der Waals surface area contributed by atoms with E-state index in [9.17, 15) is 9.32 Å². The van der Waals surface area contributed by atoms with Gasteiger partial charge in [0.1, 0.15) is 15.8 Å². The Bertz CT molecular complexity index is 510. The number of hydrogen-bond donors (Lipinski definition) is 1. The van der Waals surface area contributed by atoms with E-state index in [0.29, 0.717) is 10.3 Å². The van der Waals surface area contributed by atoms with Gasteiger partial charge in [-0.3, -0.25) is 0 Å². The molecule has 4 heteroatoms. The Kier molecular flexibility index (Phi) is 2.44. The van der Waals surface area contributed by atoms with Gasteiger partial charge in [0.15, 0.2) is 0 Å². The van der Waals surface area contributed by atoms with Gasteiger partial charge in [-0.2, -0.15) is 0 Å². The molecular formula is C10H7ClO2S. The normalized spacial score (nSPS) is 12.9. The third kappa shape index (κ3) is 1.49. The number of hydrogen-bond acceptors (Lipinski definition) is 2. The van der Waals surface area contributed by atoms with Crippen LogP contribution in [-0.4, -0.2) is 9.32 Å². The minimum Gasteiger partial charge on any atom is -0.507 e. The molecule has 0 aliphatic heterocycles. The molecule has 0 fully saturated rings. The molecule has 0 radical (unpaired) electrons. The van der Waals surface area contributed by atoms with Crippen molar-refractivity contribution in [1.82, 2.24) is 0 Å². The first-order valence-corrected chi connectivity index (χ1v) is 5.96. The Balaban J connectivity index is 2.88. The summed E-state index contributed by atoms with van der Waals surface area (Å²) in [6.07, 6.45) is 0. The first-order valence-electron chi connectivity index (χ1n) is 3.99. The van der Waals surface area contributed by atoms with Crippen molar-refractivity contribution in [3.8, 4) is 5.75 Å². The van der Waals surface area contributed by atoms with E-state index >= 15 is 0 Å². The maximum atomic E-state index is 11.2. The summed E-state index contributed by atoms with van der Waals surface area (Å²) in [4.78, 5) is 0.528. The van der Waals surface area contributed by atoms with Gasteiger partial charge in [0.05, 0.1) is 4.90 Å². The zero-order chi connectivity index (χ0) is 10.1. The molecule has 0 spiro atoms. The molecule has 1 unspecified atom stereocenters. The van der Waals surface area contributed by atoms with Crippen molar-refractivity contribution < 1.29 is 9.32 Å². The van der Waals surface area contributed by atoms with Gasteiger partial charge in [-0.25, -0.2) is 4.21 Å². The molecule has 0 aliphatic rings. The molecule has 1 N–H and O–H groups in total. The van der Waals surface area contributed by atoms with Crippen LogP contribution in [0.15, 0.2) is 41.3 Å². The van der Waals surface area contributed by atoms with Crippen LogP contribution in [0.4, 0.5) is 0 Å². The van der Waals surface area contributed by atoms with Crippen LogP contribution in [0.25, 0.3) is 10.8 Å².